The molecule has 0 bridgehead atoms. The largest absolute Gasteiger partial charge is 0.487 e. The summed E-state index contributed by atoms with van der Waals surface area (Å²) in [7, 11) is 0. The Labute approximate surface area is 134 Å². The van der Waals surface area contributed by atoms with E-state index < -0.39 is 0 Å². The Morgan fingerprint density at radius 2 is 2.13 bits per heavy atom. The SMILES string of the molecule is c1cc(OCc2cc(C3CCCC3)on2)cc(-n2cncn2)c1. The van der Waals surface area contributed by atoms with E-state index in [0.29, 0.717) is 12.5 Å². The highest BCUT2D eigenvalue weighted by Crippen LogP contribution is 2.34. The summed E-state index contributed by atoms with van der Waals surface area (Å²) in [5.41, 5.74) is 1.74. The molecule has 0 saturated heterocycles. The molecule has 6 nitrogen and oxygen atoms in total. The van der Waals surface area contributed by atoms with Crippen LogP contribution >= 0.6 is 0 Å². The Balaban J connectivity index is 1.42. The van der Waals surface area contributed by atoms with E-state index in [1.54, 1.807) is 11.0 Å². The number of ether oxygens (including phenoxy) is 1. The highest BCUT2D eigenvalue weighted by molar-refractivity contribution is 5.38. The minimum absolute atomic E-state index is 0.400. The molecule has 1 aliphatic rings. The van der Waals surface area contributed by atoms with Crippen molar-refractivity contribution in [3.63, 3.8) is 0 Å². The smallest absolute Gasteiger partial charge is 0.140 e. The zero-order valence-corrected chi connectivity index (χ0v) is 12.8. The molecule has 1 fully saturated rings. The molecule has 0 spiro atoms. The van der Waals surface area contributed by atoms with Crippen LogP contribution in [0.4, 0.5) is 0 Å². The van der Waals surface area contributed by atoms with E-state index in [1.165, 1.54) is 32.0 Å². The third-order valence-electron chi connectivity index (χ3n) is 4.22. The van der Waals surface area contributed by atoms with Crippen LogP contribution in [0.1, 0.15) is 43.1 Å². The van der Waals surface area contributed by atoms with Gasteiger partial charge in [-0.3, -0.25) is 0 Å². The quantitative estimate of drug-likeness (QED) is 0.721. The Morgan fingerprint density at radius 1 is 1.22 bits per heavy atom. The van der Waals surface area contributed by atoms with Crippen LogP contribution in [0.3, 0.4) is 0 Å². The molecule has 1 aliphatic carbocycles. The summed E-state index contributed by atoms with van der Waals surface area (Å²) in [6.45, 7) is 0.400. The van der Waals surface area contributed by atoms with E-state index >= 15 is 0 Å². The maximum atomic E-state index is 5.82. The van der Waals surface area contributed by atoms with Gasteiger partial charge >= 0.3 is 0 Å². The molecule has 2 heterocycles. The molecule has 23 heavy (non-hydrogen) atoms. The van der Waals surface area contributed by atoms with Crippen LogP contribution in [0.15, 0.2) is 47.5 Å². The minimum Gasteiger partial charge on any atom is -0.487 e. The van der Waals surface area contributed by atoms with E-state index in [4.69, 9.17) is 9.26 Å². The summed E-state index contributed by atoms with van der Waals surface area (Å²) in [6, 6.07) is 9.75. The van der Waals surface area contributed by atoms with Gasteiger partial charge in [-0.2, -0.15) is 5.10 Å². The van der Waals surface area contributed by atoms with Crippen LogP contribution < -0.4 is 4.74 Å². The van der Waals surface area contributed by atoms with Crippen molar-refractivity contribution in [2.45, 2.75) is 38.2 Å². The molecule has 2 aromatic heterocycles. The predicted octanol–water partition coefficient (Wildman–Crippen LogP) is 3.49. The zero-order valence-electron chi connectivity index (χ0n) is 12.8. The van der Waals surface area contributed by atoms with E-state index in [9.17, 15) is 0 Å². The number of hydrogen-bond donors (Lipinski definition) is 0. The molecule has 0 atom stereocenters. The van der Waals surface area contributed by atoms with E-state index in [-0.39, 0.29) is 0 Å². The zero-order chi connectivity index (χ0) is 15.5. The van der Waals surface area contributed by atoms with Gasteiger partial charge in [0.2, 0.25) is 0 Å². The average molecular weight is 310 g/mol. The molecular formula is C17H18N4O2. The Morgan fingerprint density at radius 3 is 2.96 bits per heavy atom. The molecule has 1 aromatic carbocycles. The summed E-state index contributed by atoms with van der Waals surface area (Å²) in [4.78, 5) is 3.95. The van der Waals surface area contributed by atoms with E-state index in [1.807, 2.05) is 30.3 Å². The molecule has 1 saturated carbocycles. The van der Waals surface area contributed by atoms with Gasteiger partial charge in [0.05, 0.1) is 5.69 Å². The molecule has 0 amide bonds. The topological polar surface area (TPSA) is 66.0 Å². The van der Waals surface area contributed by atoms with Crippen molar-refractivity contribution in [1.82, 2.24) is 19.9 Å². The molecule has 0 aliphatic heterocycles. The second-order valence-corrected chi connectivity index (χ2v) is 5.83. The first-order valence-electron chi connectivity index (χ1n) is 7.92. The molecule has 0 unspecified atom stereocenters. The number of hydrogen-bond acceptors (Lipinski definition) is 5. The Kier molecular flexibility index (Phi) is 3.80. The van der Waals surface area contributed by atoms with Crippen molar-refractivity contribution in [3.05, 3.63) is 54.4 Å². The fraction of sp³-hybridized carbons (Fsp3) is 0.353. The molecule has 0 N–H and O–H groups in total. The van der Waals surface area contributed by atoms with Gasteiger partial charge in [0, 0.05) is 18.1 Å². The van der Waals surface area contributed by atoms with Crippen LogP contribution in [-0.2, 0) is 6.61 Å². The average Bonchev–Trinajstić information content (AvgIpc) is 3.35. The van der Waals surface area contributed by atoms with Gasteiger partial charge in [-0.15, -0.1) is 0 Å². The lowest BCUT2D eigenvalue weighted by Crippen LogP contribution is -1.98. The Hall–Kier alpha value is -2.63. The van der Waals surface area contributed by atoms with Crippen molar-refractivity contribution >= 4 is 0 Å². The summed E-state index contributed by atoms with van der Waals surface area (Å²) >= 11 is 0. The predicted molar refractivity (Wildman–Crippen MR) is 83.4 cm³/mol. The lowest BCUT2D eigenvalue weighted by Gasteiger charge is -2.06. The van der Waals surface area contributed by atoms with E-state index in [0.717, 1.165) is 22.9 Å². The third-order valence-corrected chi connectivity index (χ3v) is 4.22. The molecule has 6 heteroatoms. The second kappa shape index (κ2) is 6.24. The number of aromatic nitrogens is 4. The second-order valence-electron chi connectivity index (χ2n) is 5.83. The summed E-state index contributed by atoms with van der Waals surface area (Å²) < 4.78 is 13.0. The highest BCUT2D eigenvalue weighted by atomic mass is 16.5. The van der Waals surface area contributed by atoms with Crippen LogP contribution in [0.2, 0.25) is 0 Å². The number of rotatable bonds is 5. The summed E-state index contributed by atoms with van der Waals surface area (Å²) in [5.74, 6) is 2.30. The highest BCUT2D eigenvalue weighted by Gasteiger charge is 2.21. The van der Waals surface area contributed by atoms with Gasteiger partial charge in [0.15, 0.2) is 0 Å². The lowest BCUT2D eigenvalue weighted by atomic mass is 10.1. The van der Waals surface area contributed by atoms with Crippen molar-refractivity contribution in [3.8, 4) is 11.4 Å². The first-order chi connectivity index (χ1) is 11.4. The third kappa shape index (κ3) is 3.11. The van der Waals surface area contributed by atoms with Crippen LogP contribution in [0, 0.1) is 0 Å². The molecule has 4 rings (SSSR count). The first-order valence-corrected chi connectivity index (χ1v) is 7.92. The molecule has 0 radical (unpaired) electrons. The Bertz CT molecular complexity index is 761. The summed E-state index contributed by atoms with van der Waals surface area (Å²) in [5, 5.41) is 8.24. The van der Waals surface area contributed by atoms with Crippen molar-refractivity contribution < 1.29 is 9.26 Å². The van der Waals surface area contributed by atoms with Crippen LogP contribution in [0.25, 0.3) is 5.69 Å². The summed E-state index contributed by atoms with van der Waals surface area (Å²) in [6.07, 6.45) is 8.14. The monoisotopic (exact) mass is 310 g/mol. The van der Waals surface area contributed by atoms with Crippen molar-refractivity contribution in [2.75, 3.05) is 0 Å². The fourth-order valence-corrected chi connectivity index (χ4v) is 3.01. The van der Waals surface area contributed by atoms with Gasteiger partial charge in [-0.25, -0.2) is 9.67 Å². The normalized spacial score (nSPS) is 15.1. The molecule has 118 valence electrons. The van der Waals surface area contributed by atoms with Gasteiger partial charge in [-0.05, 0) is 25.0 Å². The molecular weight excluding hydrogens is 292 g/mol. The maximum absolute atomic E-state index is 5.82. The number of benzene rings is 1. The minimum atomic E-state index is 0.400. The standard InChI is InChI=1S/C17H18N4O2/c1-2-5-13(4-1)17-8-14(20-23-17)10-22-16-7-3-6-15(9-16)21-12-18-11-19-21/h3,6-9,11-13H,1-2,4-5,10H2. The van der Waals surface area contributed by atoms with Gasteiger partial charge in [-0.1, -0.05) is 24.1 Å². The van der Waals surface area contributed by atoms with Crippen LogP contribution in [0.5, 0.6) is 5.75 Å². The van der Waals surface area contributed by atoms with Gasteiger partial charge in [0.1, 0.15) is 36.5 Å². The fourth-order valence-electron chi connectivity index (χ4n) is 3.01. The lowest BCUT2D eigenvalue weighted by molar-refractivity contribution is 0.285. The maximum Gasteiger partial charge on any atom is 0.140 e. The van der Waals surface area contributed by atoms with Crippen molar-refractivity contribution in [2.24, 2.45) is 0 Å². The van der Waals surface area contributed by atoms with Gasteiger partial charge in [0.25, 0.3) is 0 Å². The van der Waals surface area contributed by atoms with E-state index in [2.05, 4.69) is 15.2 Å². The number of nitrogens with zero attached hydrogens (tertiary/aromatic N) is 4. The van der Waals surface area contributed by atoms with Crippen LogP contribution in [-0.4, -0.2) is 19.9 Å². The molecule has 3 aromatic rings. The van der Waals surface area contributed by atoms with Crippen molar-refractivity contribution in [1.29, 1.82) is 0 Å². The first kappa shape index (κ1) is 14.0. The van der Waals surface area contributed by atoms with Gasteiger partial charge < -0.3 is 9.26 Å².